The molecule has 0 aromatic heterocycles. The molecule has 0 bridgehead atoms. The Balaban J connectivity index is 0. The van der Waals surface area contributed by atoms with Crippen LogP contribution in [0, 0.1) is 0 Å². The van der Waals surface area contributed by atoms with E-state index in [1.165, 1.54) is 0 Å². The summed E-state index contributed by atoms with van der Waals surface area (Å²) >= 11 is 0. The van der Waals surface area contributed by atoms with Crippen molar-refractivity contribution in [2.45, 2.75) is 0 Å². The van der Waals surface area contributed by atoms with Crippen LogP contribution in [-0.4, -0.2) is 63.6 Å². The summed E-state index contributed by atoms with van der Waals surface area (Å²) in [7, 11) is 0. The van der Waals surface area contributed by atoms with Gasteiger partial charge in [0.25, 0.3) is 0 Å². The first-order valence-corrected chi connectivity index (χ1v) is 0. The van der Waals surface area contributed by atoms with E-state index in [1.54, 1.807) is 0 Å². The van der Waals surface area contributed by atoms with Crippen LogP contribution < -0.4 is 0 Å². The molecule has 0 heterocycles. The van der Waals surface area contributed by atoms with Crippen molar-refractivity contribution in [1.82, 2.24) is 0 Å². The minimum Gasteiger partial charge on any atom is -3.00 e. The maximum atomic E-state index is 0. The van der Waals surface area contributed by atoms with Crippen molar-refractivity contribution in [3.05, 3.63) is 0 Å². The summed E-state index contributed by atoms with van der Waals surface area (Å²) in [6, 6.07) is 0. The van der Waals surface area contributed by atoms with E-state index in [9.17, 15) is 0 Å². The van der Waals surface area contributed by atoms with E-state index >= 15 is 0 Å². The molecule has 0 saturated heterocycles. The molecular weight excluding hydrogens is 290 g/mol. The Labute approximate surface area is 72.6 Å². The van der Waals surface area contributed by atoms with E-state index in [1.807, 2.05) is 0 Å². The monoisotopic (exact) mass is 290 g/mol. The van der Waals surface area contributed by atoms with Crippen LogP contribution in [0.25, 0.3) is 0 Å². The van der Waals surface area contributed by atoms with Gasteiger partial charge >= 0.3 is 19.8 Å². The van der Waals surface area contributed by atoms with E-state index < -0.39 is 0 Å². The third-order valence-corrected chi connectivity index (χ3v) is 0. The molecule has 0 unspecified atom stereocenters. The second-order valence-corrected chi connectivity index (χ2v) is 0. The smallest absolute Gasteiger partial charge is 3.00 e. The standard InChI is InChI=1S/As.Ga.In.P/q-3;+3;;. The van der Waals surface area contributed by atoms with Gasteiger partial charge in [-0.1, -0.05) is 0 Å². The fourth-order valence-electron chi connectivity index (χ4n) is 0. The van der Waals surface area contributed by atoms with Gasteiger partial charge < -0.3 is 18.0 Å². The molecule has 0 nitrogen and oxygen atoms in total. The van der Waals surface area contributed by atoms with Gasteiger partial charge in [0, 0.05) is 35.7 Å². The van der Waals surface area contributed by atoms with Crippen molar-refractivity contribution < 1.29 is 0 Å². The first kappa shape index (κ1) is 31.5. The molecule has 0 N–H and O–H groups in total. The molecule has 0 fully saturated rings. The van der Waals surface area contributed by atoms with Crippen molar-refractivity contribution in [2.75, 3.05) is 0 Å². The average Bonchev–Trinajstić information content (AvgIpc) is 0. The summed E-state index contributed by atoms with van der Waals surface area (Å²) < 4.78 is 0. The Bertz CT molecular complexity index is 8.00. The molecule has 16 valence electrons. The minimum absolute atomic E-state index is 0. The van der Waals surface area contributed by atoms with Crippen LogP contribution in [0.1, 0.15) is 0 Å². The molecule has 0 aromatic carbocycles. The molecular formula is AsGaInP. The quantitative estimate of drug-likeness (QED) is 0.425. The Hall–Kier alpha value is 2.49. The topological polar surface area (TPSA) is 0 Å². The van der Waals surface area contributed by atoms with Gasteiger partial charge in [-0.3, -0.25) is 0 Å². The van der Waals surface area contributed by atoms with Crippen molar-refractivity contribution in [2.24, 2.45) is 0 Å². The third-order valence-electron chi connectivity index (χ3n) is 0. The zero-order valence-electron chi connectivity index (χ0n) is 2.05. The van der Waals surface area contributed by atoms with Crippen LogP contribution in [0.4, 0.5) is 0 Å². The first-order chi connectivity index (χ1) is 0. The number of hydrogen-bond acceptors (Lipinski definition) is 0. The summed E-state index contributed by atoms with van der Waals surface area (Å²) in [5.74, 6) is 0. The van der Waals surface area contributed by atoms with Crippen LogP contribution in [0.15, 0.2) is 0 Å². The maximum Gasteiger partial charge on any atom is 3.00 e. The summed E-state index contributed by atoms with van der Waals surface area (Å²) in [6.45, 7) is 0. The molecule has 0 atom stereocenters. The number of hydrogen-bond donors (Lipinski definition) is 0. The van der Waals surface area contributed by atoms with Gasteiger partial charge in [0.1, 0.15) is 0 Å². The van der Waals surface area contributed by atoms with Gasteiger partial charge in [-0.25, -0.2) is 0 Å². The average molecular weight is 290 g/mol. The maximum absolute atomic E-state index is 0. The number of rotatable bonds is 0. The van der Waals surface area contributed by atoms with Gasteiger partial charge in [0.05, 0.1) is 0 Å². The van der Waals surface area contributed by atoms with Crippen molar-refractivity contribution in [3.8, 4) is 0 Å². The van der Waals surface area contributed by atoms with E-state index in [0.717, 1.165) is 0 Å². The fraction of sp³-hybridized carbons (Fsp3) is 0. The summed E-state index contributed by atoms with van der Waals surface area (Å²) in [6.07, 6.45) is 0. The molecule has 0 aliphatic heterocycles. The normalized spacial score (nSPS) is 0. The van der Waals surface area contributed by atoms with Gasteiger partial charge in [-0.2, -0.15) is 0 Å². The third kappa shape index (κ3) is 8.82. The van der Waals surface area contributed by atoms with E-state index in [4.69, 9.17) is 0 Å². The van der Waals surface area contributed by atoms with Gasteiger partial charge in [-0.15, -0.1) is 0 Å². The molecule has 0 spiro atoms. The first-order valence-electron chi connectivity index (χ1n) is 0. The molecule has 4 heteroatoms. The van der Waals surface area contributed by atoms with Gasteiger partial charge in [0.15, 0.2) is 0 Å². The van der Waals surface area contributed by atoms with Crippen LogP contribution in [-0.2, 0) is 0 Å². The van der Waals surface area contributed by atoms with Crippen LogP contribution in [0.5, 0.6) is 0 Å². The fourth-order valence-corrected chi connectivity index (χ4v) is 0. The second kappa shape index (κ2) is 17.8. The summed E-state index contributed by atoms with van der Waals surface area (Å²) in [5.41, 5.74) is 0. The molecule has 4 heavy (non-hydrogen) atoms. The Morgan fingerprint density at radius 2 is 1.00 bits per heavy atom. The molecule has 0 aliphatic carbocycles. The van der Waals surface area contributed by atoms with E-state index in [-0.39, 0.29) is 73.5 Å². The SMILES string of the molecule is [As-3].[Ga+3].[In].[P]. The van der Waals surface area contributed by atoms with E-state index in [2.05, 4.69) is 0 Å². The molecule has 0 aromatic rings. The minimum atomic E-state index is 0. The summed E-state index contributed by atoms with van der Waals surface area (Å²) in [5, 5.41) is 0. The van der Waals surface area contributed by atoms with Crippen LogP contribution >= 0.6 is 9.90 Å². The van der Waals surface area contributed by atoms with Crippen LogP contribution in [0.3, 0.4) is 0 Å². The largest absolute Gasteiger partial charge is 3.00 e. The molecule has 6 radical (unpaired) electrons. The van der Waals surface area contributed by atoms with Crippen molar-refractivity contribution >= 4 is 73.5 Å². The Morgan fingerprint density at radius 1 is 1.00 bits per heavy atom. The molecule has 0 aliphatic rings. The zero-order valence-corrected chi connectivity index (χ0v) is 10.5. The predicted octanol–water partition coefficient (Wildman–Crippen LogP) is -0.281. The second-order valence-electron chi connectivity index (χ2n) is 0. The van der Waals surface area contributed by atoms with Crippen LogP contribution in [0.2, 0.25) is 0 Å². The summed E-state index contributed by atoms with van der Waals surface area (Å²) in [4.78, 5) is 0. The predicted molar refractivity (Wildman–Crippen MR) is 24.2 cm³/mol. The molecule has 0 rings (SSSR count). The van der Waals surface area contributed by atoms with Gasteiger partial charge in [0.2, 0.25) is 0 Å². The van der Waals surface area contributed by atoms with E-state index in [0.29, 0.717) is 0 Å². The van der Waals surface area contributed by atoms with Crippen molar-refractivity contribution in [3.63, 3.8) is 0 Å². The molecule has 0 amide bonds. The Morgan fingerprint density at radius 3 is 1.00 bits per heavy atom. The zero-order chi connectivity index (χ0) is 0. The van der Waals surface area contributed by atoms with Crippen molar-refractivity contribution in [1.29, 1.82) is 0 Å². The van der Waals surface area contributed by atoms with Gasteiger partial charge in [-0.05, 0) is 0 Å². The molecule has 0 saturated carbocycles. The Kier molecular flexibility index (Phi) is 140.